The van der Waals surface area contributed by atoms with Crippen molar-refractivity contribution in [2.45, 2.75) is 13.8 Å². The molecule has 184 valence electrons. The quantitative estimate of drug-likeness (QED) is 0.347. The zero-order chi connectivity index (χ0) is 25.1. The molecule has 0 bridgehead atoms. The summed E-state index contributed by atoms with van der Waals surface area (Å²) in [7, 11) is 6.20. The highest BCUT2D eigenvalue weighted by Gasteiger charge is 2.18. The van der Waals surface area contributed by atoms with Crippen LogP contribution in [0.3, 0.4) is 0 Å². The standard InChI is InChI=1S/C25H27N3O6S/c1-14(2)13-34-17-8-7-15(9-18(17)30-3)10-21-24(29)28-25(35-21)26-23(27-28)16-11-19(31-4)22(33-6)20(12-16)32-5/h7-12,14H,13H2,1-6H3/b21-10-. The van der Waals surface area contributed by atoms with Crippen molar-refractivity contribution in [3.05, 3.63) is 50.8 Å². The maximum atomic E-state index is 13.0. The minimum Gasteiger partial charge on any atom is -0.493 e. The van der Waals surface area contributed by atoms with Gasteiger partial charge in [-0.25, -0.2) is 0 Å². The first kappa shape index (κ1) is 24.3. The number of hydrogen-bond acceptors (Lipinski definition) is 9. The topological polar surface area (TPSA) is 93.4 Å². The largest absolute Gasteiger partial charge is 0.493 e. The van der Waals surface area contributed by atoms with Crippen LogP contribution in [-0.2, 0) is 0 Å². The average molecular weight is 498 g/mol. The second-order valence-electron chi connectivity index (χ2n) is 8.07. The highest BCUT2D eigenvalue weighted by Crippen LogP contribution is 2.40. The third-order valence-electron chi connectivity index (χ3n) is 5.16. The maximum absolute atomic E-state index is 13.0. The summed E-state index contributed by atoms with van der Waals surface area (Å²) in [5.41, 5.74) is 1.20. The van der Waals surface area contributed by atoms with Crippen LogP contribution in [0.2, 0.25) is 0 Å². The summed E-state index contributed by atoms with van der Waals surface area (Å²) in [4.78, 5) is 18.1. The van der Waals surface area contributed by atoms with Gasteiger partial charge < -0.3 is 23.7 Å². The fraction of sp³-hybridized carbons (Fsp3) is 0.320. The van der Waals surface area contributed by atoms with E-state index in [1.54, 1.807) is 25.3 Å². The van der Waals surface area contributed by atoms with Crippen LogP contribution in [0.5, 0.6) is 28.7 Å². The summed E-state index contributed by atoms with van der Waals surface area (Å²) >= 11 is 1.26. The van der Waals surface area contributed by atoms with Crippen molar-refractivity contribution in [2.24, 2.45) is 5.92 Å². The lowest BCUT2D eigenvalue weighted by Crippen LogP contribution is -2.23. The van der Waals surface area contributed by atoms with Crippen molar-refractivity contribution in [1.29, 1.82) is 0 Å². The van der Waals surface area contributed by atoms with Crippen LogP contribution in [0.15, 0.2) is 35.1 Å². The Morgan fingerprint density at radius 2 is 1.63 bits per heavy atom. The van der Waals surface area contributed by atoms with Crippen LogP contribution in [0.1, 0.15) is 19.4 Å². The predicted octanol–water partition coefficient (Wildman–Crippen LogP) is 3.43. The lowest BCUT2D eigenvalue weighted by atomic mass is 10.1. The first-order valence-electron chi connectivity index (χ1n) is 10.9. The summed E-state index contributed by atoms with van der Waals surface area (Å²) in [6.07, 6.45) is 1.79. The second-order valence-corrected chi connectivity index (χ2v) is 9.08. The van der Waals surface area contributed by atoms with Gasteiger partial charge in [-0.1, -0.05) is 31.3 Å². The van der Waals surface area contributed by atoms with Gasteiger partial charge in [-0.2, -0.15) is 9.50 Å². The van der Waals surface area contributed by atoms with Crippen molar-refractivity contribution in [2.75, 3.05) is 35.0 Å². The average Bonchev–Trinajstić information content (AvgIpc) is 3.41. The zero-order valence-corrected chi connectivity index (χ0v) is 21.3. The Kier molecular flexibility index (Phi) is 7.11. The van der Waals surface area contributed by atoms with E-state index in [1.807, 2.05) is 18.2 Å². The Bertz CT molecular complexity index is 1440. The van der Waals surface area contributed by atoms with Crippen molar-refractivity contribution in [3.63, 3.8) is 0 Å². The van der Waals surface area contributed by atoms with Crippen LogP contribution in [0.25, 0.3) is 22.4 Å². The maximum Gasteiger partial charge on any atom is 0.291 e. The van der Waals surface area contributed by atoms with Gasteiger partial charge in [0.05, 0.1) is 39.6 Å². The molecule has 0 atom stereocenters. The lowest BCUT2D eigenvalue weighted by molar-refractivity contribution is 0.257. The van der Waals surface area contributed by atoms with Gasteiger partial charge in [0, 0.05) is 5.56 Å². The molecule has 0 aliphatic heterocycles. The Balaban J connectivity index is 1.70. The van der Waals surface area contributed by atoms with Crippen molar-refractivity contribution >= 4 is 22.4 Å². The minimum absolute atomic E-state index is 0.254. The Morgan fingerprint density at radius 3 is 2.20 bits per heavy atom. The molecule has 10 heteroatoms. The number of benzene rings is 2. The van der Waals surface area contributed by atoms with E-state index in [1.165, 1.54) is 37.2 Å². The molecule has 0 aliphatic carbocycles. The zero-order valence-electron chi connectivity index (χ0n) is 20.4. The fourth-order valence-electron chi connectivity index (χ4n) is 3.47. The molecule has 0 radical (unpaired) electrons. The molecule has 0 saturated carbocycles. The van der Waals surface area contributed by atoms with Gasteiger partial charge >= 0.3 is 0 Å². The van der Waals surface area contributed by atoms with E-state index in [2.05, 4.69) is 23.9 Å². The monoisotopic (exact) mass is 497 g/mol. The van der Waals surface area contributed by atoms with Crippen molar-refractivity contribution < 1.29 is 23.7 Å². The number of hydrogen-bond donors (Lipinski definition) is 0. The SMILES string of the molecule is COc1cc(/C=c2\sc3nc(-c4cc(OC)c(OC)c(OC)c4)nn3c2=O)ccc1OCC(C)C. The number of nitrogens with zero attached hydrogens (tertiary/aromatic N) is 3. The molecule has 4 rings (SSSR count). The van der Waals surface area contributed by atoms with E-state index < -0.39 is 0 Å². The van der Waals surface area contributed by atoms with Gasteiger partial charge in [0.15, 0.2) is 28.8 Å². The number of rotatable bonds is 9. The van der Waals surface area contributed by atoms with Gasteiger partial charge in [-0.3, -0.25) is 4.79 Å². The van der Waals surface area contributed by atoms with Gasteiger partial charge in [-0.15, -0.1) is 5.10 Å². The van der Waals surface area contributed by atoms with Gasteiger partial charge in [0.25, 0.3) is 5.56 Å². The second kappa shape index (κ2) is 10.2. The molecule has 9 nitrogen and oxygen atoms in total. The highest BCUT2D eigenvalue weighted by molar-refractivity contribution is 7.15. The van der Waals surface area contributed by atoms with Crippen LogP contribution >= 0.6 is 11.3 Å². The van der Waals surface area contributed by atoms with Crippen LogP contribution in [0.4, 0.5) is 0 Å². The molecule has 0 amide bonds. The van der Waals surface area contributed by atoms with E-state index in [4.69, 9.17) is 23.7 Å². The smallest absolute Gasteiger partial charge is 0.291 e. The van der Waals surface area contributed by atoms with Crippen LogP contribution in [0, 0.1) is 5.92 Å². The summed E-state index contributed by atoms with van der Waals surface area (Å²) < 4.78 is 29.3. The molecule has 0 saturated heterocycles. The summed E-state index contributed by atoms with van der Waals surface area (Å²) in [6.45, 7) is 4.75. The van der Waals surface area contributed by atoms with E-state index in [0.29, 0.717) is 62.2 Å². The van der Waals surface area contributed by atoms with Crippen LogP contribution < -0.4 is 33.8 Å². The molecule has 0 spiro atoms. The van der Waals surface area contributed by atoms with E-state index >= 15 is 0 Å². The molecular formula is C25H27N3O6S. The number of thiazole rings is 1. The predicted molar refractivity (Wildman–Crippen MR) is 134 cm³/mol. The van der Waals surface area contributed by atoms with Gasteiger partial charge in [-0.05, 0) is 41.8 Å². The van der Waals surface area contributed by atoms with E-state index in [0.717, 1.165) is 5.56 Å². The first-order valence-corrected chi connectivity index (χ1v) is 11.7. The first-order chi connectivity index (χ1) is 16.9. The minimum atomic E-state index is -0.254. The van der Waals surface area contributed by atoms with Crippen LogP contribution in [-0.4, -0.2) is 49.6 Å². The van der Waals surface area contributed by atoms with Gasteiger partial charge in [0.1, 0.15) is 0 Å². The molecule has 0 N–H and O–H groups in total. The molecule has 4 aromatic rings. The molecule has 0 aliphatic rings. The molecule has 2 aromatic heterocycles. The third kappa shape index (κ3) is 4.88. The lowest BCUT2D eigenvalue weighted by Gasteiger charge is -2.12. The van der Waals surface area contributed by atoms with Crippen molar-refractivity contribution in [3.8, 4) is 40.1 Å². The number of methoxy groups -OCH3 is 4. The molecular weight excluding hydrogens is 470 g/mol. The molecule has 35 heavy (non-hydrogen) atoms. The summed E-state index contributed by atoms with van der Waals surface area (Å²) in [5, 5.41) is 4.43. The Morgan fingerprint density at radius 1 is 0.943 bits per heavy atom. The van der Waals surface area contributed by atoms with Gasteiger partial charge in [0.2, 0.25) is 10.7 Å². The molecule has 0 fully saturated rings. The Hall–Kier alpha value is -3.79. The highest BCUT2D eigenvalue weighted by atomic mass is 32.1. The van der Waals surface area contributed by atoms with Crippen molar-refractivity contribution in [1.82, 2.24) is 14.6 Å². The summed E-state index contributed by atoms with van der Waals surface area (Å²) in [5.74, 6) is 3.48. The molecule has 2 heterocycles. The molecule has 0 unspecified atom stereocenters. The molecule has 2 aromatic carbocycles. The number of ether oxygens (including phenoxy) is 5. The Labute approximate surface area is 206 Å². The fourth-order valence-corrected chi connectivity index (χ4v) is 4.38. The van der Waals surface area contributed by atoms with E-state index in [-0.39, 0.29) is 5.56 Å². The van der Waals surface area contributed by atoms with E-state index in [9.17, 15) is 4.79 Å². The summed E-state index contributed by atoms with van der Waals surface area (Å²) in [6, 6.07) is 9.05. The normalized spacial score (nSPS) is 11.8. The number of fused-ring (bicyclic) bond motifs is 1. The number of aromatic nitrogens is 3. The third-order valence-corrected chi connectivity index (χ3v) is 6.12.